The van der Waals surface area contributed by atoms with Gasteiger partial charge in [0, 0.05) is 11.8 Å². The van der Waals surface area contributed by atoms with Crippen molar-refractivity contribution in [2.75, 3.05) is 0 Å². The molecule has 0 aliphatic carbocycles. The van der Waals surface area contributed by atoms with Crippen LogP contribution in [-0.2, 0) is 6.61 Å². The van der Waals surface area contributed by atoms with Crippen molar-refractivity contribution in [1.82, 2.24) is 14.9 Å². The maximum absolute atomic E-state index is 8.96. The van der Waals surface area contributed by atoms with E-state index in [0.717, 1.165) is 10.4 Å². The van der Waals surface area contributed by atoms with Crippen molar-refractivity contribution >= 4 is 0 Å². The van der Waals surface area contributed by atoms with Crippen LogP contribution in [0.2, 0.25) is 0 Å². The zero-order valence-electron chi connectivity index (χ0n) is 7.33. The average molecular weight is 191 g/mol. The Morgan fingerprint density at radius 3 is 2.64 bits per heavy atom. The second-order valence-electron chi connectivity index (χ2n) is 2.82. The first-order valence-corrected chi connectivity index (χ1v) is 4.10. The predicted octanol–water partition coefficient (Wildman–Crippen LogP) is 0.675. The van der Waals surface area contributed by atoms with Crippen LogP contribution in [0.3, 0.4) is 0 Å². The lowest BCUT2D eigenvalue weighted by Crippen LogP contribution is -1.91. The molecule has 0 unspecified atom stereocenters. The van der Waals surface area contributed by atoms with Gasteiger partial charge in [-0.15, -0.1) is 9.94 Å². The summed E-state index contributed by atoms with van der Waals surface area (Å²) in [4.78, 5) is 4.75. The number of aliphatic hydroxyl groups is 1. The normalized spacial score (nSPS) is 10.4. The zero-order valence-corrected chi connectivity index (χ0v) is 7.33. The van der Waals surface area contributed by atoms with Crippen LogP contribution in [0.5, 0.6) is 0 Å². The lowest BCUT2D eigenvalue weighted by molar-refractivity contribution is 0.149. The number of hydrogen-bond acceptors (Lipinski definition) is 4. The van der Waals surface area contributed by atoms with Crippen molar-refractivity contribution in [3.63, 3.8) is 0 Å². The molecule has 0 atom stereocenters. The Hall–Kier alpha value is -1.88. The highest BCUT2D eigenvalue weighted by molar-refractivity contribution is 5.56. The minimum absolute atomic E-state index is 0.0747. The first kappa shape index (κ1) is 8.71. The minimum Gasteiger partial charge on any atom is -0.412 e. The maximum Gasteiger partial charge on any atom is 0.0974 e. The standard InChI is InChI=1S/C9H9N3O2/c13-6-8-2-1-7(5-10-8)9-3-4-12(14)11-9/h1-5,13-14H,6H2. The van der Waals surface area contributed by atoms with Gasteiger partial charge in [0.2, 0.25) is 0 Å². The van der Waals surface area contributed by atoms with E-state index in [0.29, 0.717) is 11.4 Å². The first-order valence-electron chi connectivity index (χ1n) is 4.10. The van der Waals surface area contributed by atoms with Gasteiger partial charge in [-0.3, -0.25) is 4.98 Å². The molecule has 0 saturated heterocycles. The van der Waals surface area contributed by atoms with Crippen LogP contribution in [0.1, 0.15) is 5.69 Å². The molecule has 0 aromatic carbocycles. The van der Waals surface area contributed by atoms with Crippen LogP contribution < -0.4 is 0 Å². The highest BCUT2D eigenvalue weighted by Crippen LogP contribution is 2.15. The van der Waals surface area contributed by atoms with Gasteiger partial charge in [0.15, 0.2) is 0 Å². The van der Waals surface area contributed by atoms with E-state index < -0.39 is 0 Å². The summed E-state index contributed by atoms with van der Waals surface area (Å²) in [5.74, 6) is 0. The van der Waals surface area contributed by atoms with Crippen molar-refractivity contribution in [2.45, 2.75) is 6.61 Å². The maximum atomic E-state index is 8.96. The molecular formula is C9H9N3O2. The Labute approximate surface area is 80.2 Å². The molecule has 0 saturated carbocycles. The van der Waals surface area contributed by atoms with Crippen molar-refractivity contribution in [3.8, 4) is 11.3 Å². The van der Waals surface area contributed by atoms with Crippen molar-refractivity contribution in [2.24, 2.45) is 0 Å². The lowest BCUT2D eigenvalue weighted by Gasteiger charge is -1.97. The van der Waals surface area contributed by atoms with E-state index in [9.17, 15) is 0 Å². The van der Waals surface area contributed by atoms with Gasteiger partial charge in [0.05, 0.1) is 24.2 Å². The quantitative estimate of drug-likeness (QED) is 0.684. The van der Waals surface area contributed by atoms with Crippen LogP contribution in [0.15, 0.2) is 30.6 Å². The topological polar surface area (TPSA) is 71.2 Å². The fourth-order valence-electron chi connectivity index (χ4n) is 1.14. The Morgan fingerprint density at radius 2 is 2.14 bits per heavy atom. The van der Waals surface area contributed by atoms with Gasteiger partial charge in [0.25, 0.3) is 0 Å². The number of aliphatic hydroxyl groups excluding tert-OH is 1. The molecule has 2 rings (SSSR count). The number of pyridine rings is 1. The summed E-state index contributed by atoms with van der Waals surface area (Å²) in [6.07, 6.45) is 3.04. The molecule has 2 aromatic rings. The van der Waals surface area contributed by atoms with E-state index in [1.807, 2.05) is 0 Å². The Morgan fingerprint density at radius 1 is 1.29 bits per heavy atom. The van der Waals surface area contributed by atoms with Gasteiger partial charge in [-0.25, -0.2) is 0 Å². The molecule has 0 aliphatic rings. The molecule has 0 aliphatic heterocycles. The summed E-state index contributed by atoms with van der Waals surface area (Å²) in [7, 11) is 0. The molecule has 0 fully saturated rings. The van der Waals surface area contributed by atoms with Gasteiger partial charge in [0.1, 0.15) is 0 Å². The molecule has 0 spiro atoms. The summed E-state index contributed by atoms with van der Waals surface area (Å²) >= 11 is 0. The van der Waals surface area contributed by atoms with E-state index in [1.165, 1.54) is 6.20 Å². The minimum atomic E-state index is -0.0747. The molecule has 0 amide bonds. The average Bonchev–Trinajstić information content (AvgIpc) is 2.65. The zero-order chi connectivity index (χ0) is 9.97. The summed E-state index contributed by atoms with van der Waals surface area (Å²) in [6, 6.07) is 5.18. The SMILES string of the molecule is OCc1ccc(-c2ccn(O)n2)cn1. The summed E-state index contributed by atoms with van der Waals surface area (Å²) in [5.41, 5.74) is 2.05. The van der Waals surface area contributed by atoms with Crippen LogP contribution >= 0.6 is 0 Å². The van der Waals surface area contributed by atoms with Gasteiger partial charge < -0.3 is 10.3 Å². The fraction of sp³-hybridized carbons (Fsp3) is 0.111. The fourth-order valence-corrected chi connectivity index (χ4v) is 1.14. The first-order chi connectivity index (χ1) is 6.79. The molecular weight excluding hydrogens is 182 g/mol. The van der Waals surface area contributed by atoms with E-state index >= 15 is 0 Å². The molecule has 2 N–H and O–H groups in total. The van der Waals surface area contributed by atoms with Gasteiger partial charge in [-0.05, 0) is 18.2 Å². The largest absolute Gasteiger partial charge is 0.412 e. The van der Waals surface area contributed by atoms with Gasteiger partial charge >= 0.3 is 0 Å². The van der Waals surface area contributed by atoms with Crippen LogP contribution in [0.25, 0.3) is 11.3 Å². The van der Waals surface area contributed by atoms with E-state index in [4.69, 9.17) is 10.3 Å². The lowest BCUT2D eigenvalue weighted by atomic mass is 10.2. The molecule has 5 nitrogen and oxygen atoms in total. The third-order valence-electron chi connectivity index (χ3n) is 1.86. The van der Waals surface area contributed by atoms with E-state index in [1.54, 1.807) is 24.4 Å². The third-order valence-corrected chi connectivity index (χ3v) is 1.86. The number of rotatable bonds is 2. The van der Waals surface area contributed by atoms with Crippen LogP contribution in [-0.4, -0.2) is 25.2 Å². The van der Waals surface area contributed by atoms with E-state index in [2.05, 4.69) is 10.1 Å². The highest BCUT2D eigenvalue weighted by atomic mass is 16.5. The Balaban J connectivity index is 2.33. The summed E-state index contributed by atoms with van der Waals surface area (Å²) in [5, 5.41) is 21.5. The highest BCUT2D eigenvalue weighted by Gasteiger charge is 2.01. The molecule has 2 aromatic heterocycles. The summed E-state index contributed by atoms with van der Waals surface area (Å²) in [6.45, 7) is -0.0747. The van der Waals surface area contributed by atoms with Gasteiger partial charge in [-0.1, -0.05) is 0 Å². The third kappa shape index (κ3) is 1.57. The van der Waals surface area contributed by atoms with Gasteiger partial charge in [-0.2, -0.15) is 0 Å². The Kier molecular flexibility index (Phi) is 2.16. The molecule has 14 heavy (non-hydrogen) atoms. The summed E-state index contributed by atoms with van der Waals surface area (Å²) < 4.78 is 0. The number of nitrogens with zero attached hydrogens (tertiary/aromatic N) is 3. The predicted molar refractivity (Wildman–Crippen MR) is 48.6 cm³/mol. The monoisotopic (exact) mass is 191 g/mol. The number of hydrogen-bond donors (Lipinski definition) is 2. The second-order valence-corrected chi connectivity index (χ2v) is 2.82. The van der Waals surface area contributed by atoms with Crippen LogP contribution in [0, 0.1) is 0 Å². The smallest absolute Gasteiger partial charge is 0.0974 e. The molecule has 0 radical (unpaired) electrons. The molecule has 5 heteroatoms. The molecule has 0 bridgehead atoms. The molecule has 72 valence electrons. The number of aromatic nitrogens is 3. The Bertz CT molecular complexity index is 422. The van der Waals surface area contributed by atoms with Crippen molar-refractivity contribution in [3.05, 3.63) is 36.3 Å². The van der Waals surface area contributed by atoms with Crippen LogP contribution in [0.4, 0.5) is 0 Å². The second kappa shape index (κ2) is 3.47. The van der Waals surface area contributed by atoms with Crippen molar-refractivity contribution in [1.29, 1.82) is 0 Å². The van der Waals surface area contributed by atoms with E-state index in [-0.39, 0.29) is 6.61 Å². The van der Waals surface area contributed by atoms with Crippen molar-refractivity contribution < 1.29 is 10.3 Å². The molecule has 2 heterocycles.